The van der Waals surface area contributed by atoms with Crippen LogP contribution >= 0.6 is 11.6 Å². The highest BCUT2D eigenvalue weighted by molar-refractivity contribution is 7.84. The number of carbonyl (C=O) groups excluding carboxylic acids is 1. The van der Waals surface area contributed by atoms with E-state index in [9.17, 15) is 9.00 Å². The molecule has 17 heavy (non-hydrogen) atoms. The van der Waals surface area contributed by atoms with Gasteiger partial charge in [-0.25, -0.2) is 4.98 Å². The molecule has 0 radical (unpaired) electrons. The molecule has 1 aromatic rings. The minimum atomic E-state index is -0.861. The first kappa shape index (κ1) is 14.1. The number of nitrogens with one attached hydrogen (secondary N) is 1. The van der Waals surface area contributed by atoms with Crippen LogP contribution in [0.15, 0.2) is 18.2 Å². The van der Waals surface area contributed by atoms with E-state index in [0.717, 1.165) is 0 Å². The number of aromatic nitrogens is 1. The Bertz CT molecular complexity index is 426. The Kier molecular flexibility index (Phi) is 5.58. The van der Waals surface area contributed by atoms with Crippen molar-refractivity contribution in [1.82, 2.24) is 10.3 Å². The zero-order chi connectivity index (χ0) is 12.8. The topological polar surface area (TPSA) is 59.1 Å². The molecule has 0 bridgehead atoms. The highest BCUT2D eigenvalue weighted by Crippen LogP contribution is 2.05. The van der Waals surface area contributed by atoms with Gasteiger partial charge in [-0.3, -0.25) is 9.00 Å². The summed E-state index contributed by atoms with van der Waals surface area (Å²) in [6.07, 6.45) is 2.33. The Labute approximate surface area is 108 Å². The van der Waals surface area contributed by atoms with E-state index in [1.807, 2.05) is 6.92 Å². The van der Waals surface area contributed by atoms with Crippen LogP contribution in [0.4, 0.5) is 0 Å². The fourth-order valence-electron chi connectivity index (χ4n) is 1.18. The number of hydrogen-bond donors (Lipinski definition) is 1. The molecule has 1 amide bonds. The lowest BCUT2D eigenvalue weighted by atomic mass is 10.3. The Hall–Kier alpha value is -0.940. The van der Waals surface area contributed by atoms with Gasteiger partial charge in [-0.1, -0.05) is 24.6 Å². The molecule has 1 rings (SSSR count). The van der Waals surface area contributed by atoms with Gasteiger partial charge in [-0.15, -0.1) is 0 Å². The first-order chi connectivity index (χ1) is 8.00. The molecular weight excluding hydrogens is 260 g/mol. The SMILES string of the molecule is CC(CCNC(=O)c1cccc(Cl)n1)S(C)=O. The summed E-state index contributed by atoms with van der Waals surface area (Å²) in [6, 6.07) is 4.89. The largest absolute Gasteiger partial charge is 0.351 e. The van der Waals surface area contributed by atoms with Crippen molar-refractivity contribution in [1.29, 1.82) is 0 Å². The van der Waals surface area contributed by atoms with Gasteiger partial charge in [-0.05, 0) is 18.6 Å². The standard InChI is InChI=1S/C11H15ClN2O2S/c1-8(17(2)16)6-7-13-11(15)9-4-3-5-10(12)14-9/h3-5,8H,6-7H2,1-2H3,(H,13,15). The highest BCUT2D eigenvalue weighted by atomic mass is 35.5. The van der Waals surface area contributed by atoms with E-state index < -0.39 is 10.8 Å². The Morgan fingerprint density at radius 3 is 2.88 bits per heavy atom. The lowest BCUT2D eigenvalue weighted by molar-refractivity contribution is 0.0948. The van der Waals surface area contributed by atoms with Gasteiger partial charge < -0.3 is 5.32 Å². The fraction of sp³-hybridized carbons (Fsp3) is 0.455. The Morgan fingerprint density at radius 2 is 2.29 bits per heavy atom. The van der Waals surface area contributed by atoms with E-state index in [0.29, 0.717) is 23.8 Å². The molecule has 1 heterocycles. The smallest absolute Gasteiger partial charge is 0.269 e. The van der Waals surface area contributed by atoms with Gasteiger partial charge in [0.25, 0.3) is 5.91 Å². The molecule has 2 unspecified atom stereocenters. The molecule has 1 N–H and O–H groups in total. The summed E-state index contributed by atoms with van der Waals surface area (Å²) >= 11 is 5.68. The first-order valence-corrected chi connectivity index (χ1v) is 7.23. The van der Waals surface area contributed by atoms with Gasteiger partial charge in [0.05, 0.1) is 0 Å². The van der Waals surface area contributed by atoms with Crippen LogP contribution in [0.5, 0.6) is 0 Å². The van der Waals surface area contributed by atoms with Gasteiger partial charge >= 0.3 is 0 Å². The zero-order valence-electron chi connectivity index (χ0n) is 9.77. The molecule has 0 aromatic carbocycles. The predicted molar refractivity (Wildman–Crippen MR) is 69.7 cm³/mol. The van der Waals surface area contributed by atoms with Gasteiger partial charge in [0.15, 0.2) is 0 Å². The molecule has 6 heteroatoms. The predicted octanol–water partition coefficient (Wildman–Crippen LogP) is 1.62. The van der Waals surface area contributed by atoms with Gasteiger partial charge in [0.1, 0.15) is 10.8 Å². The molecule has 0 aliphatic heterocycles. The summed E-state index contributed by atoms with van der Waals surface area (Å²) in [4.78, 5) is 15.5. The Morgan fingerprint density at radius 1 is 1.59 bits per heavy atom. The van der Waals surface area contributed by atoms with E-state index in [-0.39, 0.29) is 11.2 Å². The molecule has 0 aliphatic carbocycles. The van der Waals surface area contributed by atoms with Crippen molar-refractivity contribution in [3.63, 3.8) is 0 Å². The van der Waals surface area contributed by atoms with Gasteiger partial charge in [0, 0.05) is 28.9 Å². The third-order valence-corrected chi connectivity index (χ3v) is 3.93. The molecule has 4 nitrogen and oxygen atoms in total. The summed E-state index contributed by atoms with van der Waals surface area (Å²) in [5.74, 6) is -0.262. The molecule has 1 aromatic heterocycles. The minimum Gasteiger partial charge on any atom is -0.351 e. The Balaban J connectivity index is 2.43. The second kappa shape index (κ2) is 6.71. The first-order valence-electron chi connectivity index (χ1n) is 5.23. The summed E-state index contributed by atoms with van der Waals surface area (Å²) < 4.78 is 11.1. The van der Waals surface area contributed by atoms with E-state index in [1.54, 1.807) is 24.5 Å². The van der Waals surface area contributed by atoms with Crippen LogP contribution in [0.3, 0.4) is 0 Å². The van der Waals surface area contributed by atoms with Crippen molar-refractivity contribution in [2.24, 2.45) is 0 Å². The third-order valence-electron chi connectivity index (χ3n) is 2.35. The van der Waals surface area contributed by atoms with Crippen LogP contribution in [-0.4, -0.2) is 33.2 Å². The zero-order valence-corrected chi connectivity index (χ0v) is 11.3. The number of pyridine rings is 1. The number of nitrogens with zero attached hydrogens (tertiary/aromatic N) is 1. The van der Waals surface area contributed by atoms with Crippen molar-refractivity contribution >= 4 is 28.3 Å². The maximum Gasteiger partial charge on any atom is 0.269 e. The van der Waals surface area contributed by atoms with Crippen molar-refractivity contribution in [3.05, 3.63) is 29.0 Å². The molecule has 2 atom stereocenters. The molecule has 0 fully saturated rings. The summed E-state index contributed by atoms with van der Waals surface area (Å²) in [6.45, 7) is 2.37. The van der Waals surface area contributed by atoms with Crippen molar-refractivity contribution in [3.8, 4) is 0 Å². The normalized spacial score (nSPS) is 14.1. The third kappa shape index (κ3) is 4.83. The number of hydrogen-bond acceptors (Lipinski definition) is 3. The van der Waals surface area contributed by atoms with Crippen LogP contribution in [0, 0.1) is 0 Å². The van der Waals surface area contributed by atoms with Gasteiger partial charge in [0.2, 0.25) is 0 Å². The van der Waals surface area contributed by atoms with Crippen molar-refractivity contribution in [2.45, 2.75) is 18.6 Å². The van der Waals surface area contributed by atoms with E-state index in [1.165, 1.54) is 0 Å². The van der Waals surface area contributed by atoms with Crippen LogP contribution in [-0.2, 0) is 10.8 Å². The average molecular weight is 275 g/mol. The molecule has 0 spiro atoms. The van der Waals surface area contributed by atoms with E-state index >= 15 is 0 Å². The molecular formula is C11H15ClN2O2S. The molecule has 0 aliphatic rings. The summed E-state index contributed by atoms with van der Waals surface area (Å²) in [5, 5.41) is 3.08. The monoisotopic (exact) mass is 274 g/mol. The van der Waals surface area contributed by atoms with Crippen molar-refractivity contribution < 1.29 is 9.00 Å². The van der Waals surface area contributed by atoms with Crippen molar-refractivity contribution in [2.75, 3.05) is 12.8 Å². The van der Waals surface area contributed by atoms with Crippen LogP contribution in [0.2, 0.25) is 5.15 Å². The van der Waals surface area contributed by atoms with Crippen LogP contribution in [0.25, 0.3) is 0 Å². The molecule has 0 saturated carbocycles. The summed E-state index contributed by atoms with van der Waals surface area (Å²) in [5.41, 5.74) is 0.294. The second-order valence-corrected chi connectivity index (χ2v) is 5.89. The number of amides is 1. The fourth-order valence-corrected chi connectivity index (χ4v) is 1.79. The number of rotatable bonds is 5. The molecule has 0 saturated heterocycles. The highest BCUT2D eigenvalue weighted by Gasteiger charge is 2.09. The van der Waals surface area contributed by atoms with Crippen LogP contribution < -0.4 is 5.32 Å². The van der Waals surface area contributed by atoms with Gasteiger partial charge in [-0.2, -0.15) is 0 Å². The van der Waals surface area contributed by atoms with E-state index in [4.69, 9.17) is 11.6 Å². The maximum absolute atomic E-state index is 11.6. The molecule has 94 valence electrons. The maximum atomic E-state index is 11.6. The summed E-state index contributed by atoms with van der Waals surface area (Å²) in [7, 11) is -0.861. The average Bonchev–Trinajstić information content (AvgIpc) is 2.28. The van der Waals surface area contributed by atoms with Crippen LogP contribution in [0.1, 0.15) is 23.8 Å². The number of carbonyl (C=O) groups is 1. The lowest BCUT2D eigenvalue weighted by Gasteiger charge is -2.08. The number of halogens is 1. The second-order valence-electron chi connectivity index (χ2n) is 3.70. The quantitative estimate of drug-likeness (QED) is 0.830. The lowest BCUT2D eigenvalue weighted by Crippen LogP contribution is -2.28. The minimum absolute atomic E-state index is 0.0719. The van der Waals surface area contributed by atoms with E-state index in [2.05, 4.69) is 10.3 Å².